The van der Waals surface area contributed by atoms with Crippen LogP contribution in [0.3, 0.4) is 0 Å². The number of hydrogen-bond donors (Lipinski definition) is 3. The third kappa shape index (κ3) is 4.15. The number of hydrogen-bond acceptors (Lipinski definition) is 5. The van der Waals surface area contributed by atoms with Gasteiger partial charge in [-0.3, -0.25) is 4.79 Å². The molecule has 1 aromatic rings. The molecule has 1 amide bonds. The summed E-state index contributed by atoms with van der Waals surface area (Å²) in [6, 6.07) is 0.551. The van der Waals surface area contributed by atoms with Crippen molar-refractivity contribution in [2.45, 2.75) is 24.8 Å². The molecule has 112 valence electrons. The Morgan fingerprint density at radius 2 is 2.15 bits per heavy atom. The Balaban J connectivity index is 3.05. The van der Waals surface area contributed by atoms with E-state index in [2.05, 4.69) is 36.3 Å². The summed E-state index contributed by atoms with van der Waals surface area (Å²) in [6.45, 7) is 3.68. The van der Waals surface area contributed by atoms with Gasteiger partial charge in [0.15, 0.2) is 0 Å². The van der Waals surface area contributed by atoms with E-state index in [1.807, 2.05) is 0 Å². The van der Waals surface area contributed by atoms with Gasteiger partial charge in [-0.1, -0.05) is 0 Å². The van der Waals surface area contributed by atoms with Crippen LogP contribution in [0.2, 0.25) is 0 Å². The molecule has 3 N–H and O–H groups in total. The quantitative estimate of drug-likeness (QED) is 0.689. The lowest BCUT2D eigenvalue weighted by Crippen LogP contribution is -2.44. The average molecular weight is 365 g/mol. The van der Waals surface area contributed by atoms with Crippen LogP contribution in [0.1, 0.15) is 13.8 Å². The Bertz CT molecular complexity index is 591. The summed E-state index contributed by atoms with van der Waals surface area (Å²) in [7, 11) is -2.28. The summed E-state index contributed by atoms with van der Waals surface area (Å²) in [5.74, 6) is -0.172. The molecule has 1 unspecified atom stereocenters. The van der Waals surface area contributed by atoms with Crippen molar-refractivity contribution in [2.24, 2.45) is 0 Å². The highest BCUT2D eigenvalue weighted by Crippen LogP contribution is 2.22. The molecule has 0 bridgehead atoms. The Hall–Kier alpha value is -1.19. The van der Waals surface area contributed by atoms with Gasteiger partial charge in [0, 0.05) is 24.3 Å². The van der Waals surface area contributed by atoms with Crippen LogP contribution < -0.4 is 15.4 Å². The number of amides is 1. The van der Waals surface area contributed by atoms with E-state index < -0.39 is 16.1 Å². The number of aromatic nitrogens is 1. The van der Waals surface area contributed by atoms with E-state index in [9.17, 15) is 13.2 Å². The van der Waals surface area contributed by atoms with Crippen LogP contribution in [-0.2, 0) is 14.8 Å². The number of likely N-dealkylation sites (N-methyl/N-ethyl adjacent to an activating group) is 1. The third-order valence-corrected chi connectivity index (χ3v) is 4.41. The summed E-state index contributed by atoms with van der Waals surface area (Å²) in [5.41, 5.74) is 0. The molecular weight excluding hydrogens is 348 g/mol. The van der Waals surface area contributed by atoms with Gasteiger partial charge in [-0.2, -0.15) is 4.72 Å². The van der Waals surface area contributed by atoms with E-state index in [1.54, 1.807) is 14.0 Å². The van der Waals surface area contributed by atoms with Crippen LogP contribution in [-0.4, -0.2) is 38.9 Å². The van der Waals surface area contributed by atoms with E-state index in [-0.39, 0.29) is 16.6 Å². The summed E-state index contributed by atoms with van der Waals surface area (Å²) in [5, 5.41) is 5.26. The zero-order valence-electron chi connectivity index (χ0n) is 11.4. The van der Waals surface area contributed by atoms with Crippen molar-refractivity contribution in [3.05, 3.63) is 16.7 Å². The van der Waals surface area contributed by atoms with Gasteiger partial charge in [0.1, 0.15) is 10.7 Å². The van der Waals surface area contributed by atoms with Gasteiger partial charge < -0.3 is 10.6 Å². The maximum atomic E-state index is 12.3. The van der Waals surface area contributed by atoms with Crippen molar-refractivity contribution in [1.82, 2.24) is 15.0 Å². The fourth-order valence-electron chi connectivity index (χ4n) is 1.49. The van der Waals surface area contributed by atoms with Crippen molar-refractivity contribution >= 4 is 37.7 Å². The van der Waals surface area contributed by atoms with Gasteiger partial charge in [-0.05, 0) is 35.8 Å². The lowest BCUT2D eigenvalue weighted by Gasteiger charge is -2.15. The topological polar surface area (TPSA) is 100 Å². The fraction of sp³-hybridized carbons (Fsp3) is 0.455. The van der Waals surface area contributed by atoms with Crippen LogP contribution in [0.25, 0.3) is 0 Å². The van der Waals surface area contributed by atoms with Gasteiger partial charge in [0.2, 0.25) is 15.9 Å². The molecule has 1 atom stereocenters. The van der Waals surface area contributed by atoms with Crippen LogP contribution in [0.4, 0.5) is 5.82 Å². The van der Waals surface area contributed by atoms with Crippen LogP contribution >= 0.6 is 15.9 Å². The Morgan fingerprint density at radius 1 is 1.50 bits per heavy atom. The van der Waals surface area contributed by atoms with Crippen LogP contribution in [0, 0.1) is 0 Å². The number of anilines is 1. The molecule has 0 fully saturated rings. The Labute approximate surface area is 126 Å². The first-order chi connectivity index (χ1) is 9.31. The molecule has 0 aliphatic carbocycles. The minimum Gasteiger partial charge on any atom is -0.372 e. The van der Waals surface area contributed by atoms with Gasteiger partial charge in [-0.25, -0.2) is 13.4 Å². The molecule has 0 saturated heterocycles. The summed E-state index contributed by atoms with van der Waals surface area (Å²) in [4.78, 5) is 15.5. The number of carbonyl (C=O) groups is 1. The zero-order chi connectivity index (χ0) is 15.3. The van der Waals surface area contributed by atoms with E-state index in [0.717, 1.165) is 0 Å². The van der Waals surface area contributed by atoms with Gasteiger partial charge in [0.25, 0.3) is 0 Å². The lowest BCUT2D eigenvalue weighted by molar-refractivity contribution is -0.122. The van der Waals surface area contributed by atoms with E-state index >= 15 is 0 Å². The number of rotatable bonds is 6. The first-order valence-electron chi connectivity index (χ1n) is 5.95. The first-order valence-corrected chi connectivity index (χ1v) is 8.22. The first kappa shape index (κ1) is 16.9. The summed E-state index contributed by atoms with van der Waals surface area (Å²) >= 11 is 3.18. The lowest BCUT2D eigenvalue weighted by atomic mass is 10.3. The number of sulfonamides is 1. The summed E-state index contributed by atoms with van der Waals surface area (Å²) < 4.78 is 27.4. The van der Waals surface area contributed by atoms with Crippen molar-refractivity contribution in [1.29, 1.82) is 0 Å². The number of pyridine rings is 1. The predicted octanol–water partition coefficient (Wildman–Crippen LogP) is 0.689. The van der Waals surface area contributed by atoms with Crippen LogP contribution in [0.5, 0.6) is 0 Å². The van der Waals surface area contributed by atoms with Crippen molar-refractivity contribution in [3.8, 4) is 0 Å². The second-order valence-corrected chi connectivity index (χ2v) is 6.59. The molecule has 1 heterocycles. The molecule has 0 spiro atoms. The SMILES string of the molecule is CCNC(=O)C(C)NS(=O)(=O)c1cc(Br)cnc1NC. The molecule has 0 aliphatic rings. The maximum absolute atomic E-state index is 12.3. The minimum atomic E-state index is -3.85. The largest absolute Gasteiger partial charge is 0.372 e. The van der Waals surface area contributed by atoms with E-state index in [4.69, 9.17) is 0 Å². The van der Waals surface area contributed by atoms with E-state index in [1.165, 1.54) is 19.2 Å². The number of halogens is 1. The second-order valence-electron chi connectivity index (χ2n) is 3.99. The molecule has 0 saturated carbocycles. The van der Waals surface area contributed by atoms with E-state index in [0.29, 0.717) is 11.0 Å². The molecule has 20 heavy (non-hydrogen) atoms. The monoisotopic (exact) mass is 364 g/mol. The second kappa shape index (κ2) is 7.00. The Morgan fingerprint density at radius 3 is 2.70 bits per heavy atom. The minimum absolute atomic E-state index is 0.0227. The van der Waals surface area contributed by atoms with Crippen molar-refractivity contribution in [3.63, 3.8) is 0 Å². The smallest absolute Gasteiger partial charge is 0.244 e. The average Bonchev–Trinajstić information content (AvgIpc) is 2.38. The molecule has 7 nitrogen and oxygen atoms in total. The maximum Gasteiger partial charge on any atom is 0.244 e. The Kier molecular flexibility index (Phi) is 5.90. The molecule has 1 aromatic heterocycles. The van der Waals surface area contributed by atoms with Gasteiger partial charge >= 0.3 is 0 Å². The fourth-order valence-corrected chi connectivity index (χ4v) is 3.36. The standard InChI is InChI=1S/C11H17BrN4O3S/c1-4-14-11(17)7(2)16-20(18,19)9-5-8(12)6-15-10(9)13-3/h5-7,16H,4H2,1-3H3,(H,13,15)(H,14,17). The highest BCUT2D eigenvalue weighted by Gasteiger charge is 2.24. The molecular formula is C11H17BrN4O3S. The third-order valence-electron chi connectivity index (χ3n) is 2.42. The van der Waals surface area contributed by atoms with Gasteiger partial charge in [0.05, 0.1) is 6.04 Å². The molecule has 0 aliphatic heterocycles. The molecule has 0 aromatic carbocycles. The molecule has 0 radical (unpaired) electrons. The van der Waals surface area contributed by atoms with Crippen molar-refractivity contribution in [2.75, 3.05) is 18.9 Å². The summed E-state index contributed by atoms with van der Waals surface area (Å²) in [6.07, 6.45) is 1.48. The highest BCUT2D eigenvalue weighted by atomic mass is 79.9. The number of carbonyl (C=O) groups excluding carboxylic acids is 1. The normalized spacial score (nSPS) is 12.8. The van der Waals surface area contributed by atoms with Gasteiger partial charge in [-0.15, -0.1) is 0 Å². The number of nitrogens with one attached hydrogen (secondary N) is 3. The van der Waals surface area contributed by atoms with Crippen molar-refractivity contribution < 1.29 is 13.2 Å². The molecule has 9 heteroatoms. The number of nitrogens with zero attached hydrogens (tertiary/aromatic N) is 1. The highest BCUT2D eigenvalue weighted by molar-refractivity contribution is 9.10. The molecule has 1 rings (SSSR count). The predicted molar refractivity (Wildman–Crippen MR) is 80.0 cm³/mol. The van der Waals surface area contributed by atoms with Crippen LogP contribution in [0.15, 0.2) is 21.6 Å². The zero-order valence-corrected chi connectivity index (χ0v) is 13.8.